The average molecular weight is 694 g/mol. The smallest absolute Gasteiger partial charge is 0.408 e. The third-order valence-corrected chi connectivity index (χ3v) is 16.6. The zero-order valence-corrected chi connectivity index (χ0v) is 33.4. The standard InChI is InChI=1S/C43H71NO4Si/c1-8-9-10-11-12-13-14-15-16-17-18-19-20-21-22-29-34-49(42(2,3)4,43(5,6)7)48-40(45)39(35-37-30-25-23-26-31-37)44-41(46)47-36-38-32-27-24-28-33-38/h23-28,30-33,39H,8-22,29,34-36H2,1-7H3,(H,44,46)/t39-/m0/s1. The van der Waals surface area contributed by atoms with Crippen LogP contribution in [0.1, 0.15) is 162 Å². The van der Waals surface area contributed by atoms with Crippen molar-refractivity contribution in [3.63, 3.8) is 0 Å². The van der Waals surface area contributed by atoms with Crippen molar-refractivity contribution in [2.24, 2.45) is 0 Å². The predicted molar refractivity (Wildman–Crippen MR) is 209 cm³/mol. The van der Waals surface area contributed by atoms with Gasteiger partial charge in [-0.1, -0.05) is 212 Å². The summed E-state index contributed by atoms with van der Waals surface area (Å²) in [6, 6.07) is 19.5. The van der Waals surface area contributed by atoms with Crippen LogP contribution in [0.2, 0.25) is 16.1 Å². The Kier molecular flexibility index (Phi) is 20.0. The van der Waals surface area contributed by atoms with Crippen molar-refractivity contribution < 1.29 is 18.8 Å². The van der Waals surface area contributed by atoms with Crippen LogP contribution in [0, 0.1) is 0 Å². The topological polar surface area (TPSA) is 64.6 Å². The van der Waals surface area contributed by atoms with E-state index < -0.39 is 20.5 Å². The Hall–Kier alpha value is -2.60. The van der Waals surface area contributed by atoms with Crippen LogP contribution >= 0.6 is 0 Å². The summed E-state index contributed by atoms with van der Waals surface area (Å²) in [7, 11) is -2.71. The van der Waals surface area contributed by atoms with Crippen LogP contribution in [0.5, 0.6) is 0 Å². The van der Waals surface area contributed by atoms with Gasteiger partial charge in [-0.25, -0.2) is 4.79 Å². The lowest BCUT2D eigenvalue weighted by Gasteiger charge is -2.50. The Bertz CT molecular complexity index is 1140. The molecule has 2 aromatic rings. The second-order valence-electron chi connectivity index (χ2n) is 16.2. The number of carbonyl (C=O) groups is 2. The van der Waals surface area contributed by atoms with Crippen LogP contribution in [0.15, 0.2) is 60.7 Å². The molecule has 1 N–H and O–H groups in total. The Morgan fingerprint density at radius 2 is 1.02 bits per heavy atom. The number of rotatable bonds is 24. The summed E-state index contributed by atoms with van der Waals surface area (Å²) in [5.41, 5.74) is 1.86. The first kappa shape index (κ1) is 42.6. The quantitative estimate of drug-likeness (QED) is 0.0878. The highest BCUT2D eigenvalue weighted by Crippen LogP contribution is 2.54. The van der Waals surface area contributed by atoms with Gasteiger partial charge in [-0.05, 0) is 27.2 Å². The van der Waals surface area contributed by atoms with Crippen molar-refractivity contribution in [1.29, 1.82) is 0 Å². The molecule has 2 rings (SSSR count). The molecule has 6 heteroatoms. The molecule has 0 aliphatic rings. The molecule has 49 heavy (non-hydrogen) atoms. The average Bonchev–Trinajstić information content (AvgIpc) is 3.06. The van der Waals surface area contributed by atoms with E-state index in [0.29, 0.717) is 6.42 Å². The summed E-state index contributed by atoms with van der Waals surface area (Å²) in [6.07, 6.45) is 21.1. The number of hydrogen-bond donors (Lipinski definition) is 1. The molecular weight excluding hydrogens is 623 g/mol. The lowest BCUT2D eigenvalue weighted by Crippen LogP contribution is -2.58. The number of ether oxygens (including phenoxy) is 1. The minimum atomic E-state index is -2.71. The highest BCUT2D eigenvalue weighted by molar-refractivity contribution is 6.80. The molecule has 0 bridgehead atoms. The lowest BCUT2D eigenvalue weighted by molar-refractivity contribution is -0.138. The molecule has 0 saturated carbocycles. The summed E-state index contributed by atoms with van der Waals surface area (Å²) in [5.74, 6) is -0.353. The van der Waals surface area contributed by atoms with Crippen LogP contribution in [0.3, 0.4) is 0 Å². The molecule has 0 aromatic heterocycles. The van der Waals surface area contributed by atoms with Gasteiger partial charge in [0.05, 0.1) is 0 Å². The van der Waals surface area contributed by atoms with Crippen LogP contribution in [0.4, 0.5) is 4.79 Å². The Balaban J connectivity index is 1.92. The minimum absolute atomic E-state index is 0.141. The van der Waals surface area contributed by atoms with Crippen LogP contribution < -0.4 is 5.32 Å². The SMILES string of the molecule is CCCCCCCCCCCCCCCCCC[Si](OC(=O)[C@H](Cc1ccccc1)NC(=O)OCc1ccccc1)(C(C)(C)C)C(C)(C)C. The first-order valence-corrected chi connectivity index (χ1v) is 21.7. The van der Waals surface area contributed by atoms with Gasteiger partial charge in [0.25, 0.3) is 8.32 Å². The second-order valence-corrected chi connectivity index (χ2v) is 21.6. The fraction of sp³-hybridized carbons (Fsp3) is 0.674. The van der Waals surface area contributed by atoms with E-state index >= 15 is 0 Å². The molecule has 0 fully saturated rings. The predicted octanol–water partition coefficient (Wildman–Crippen LogP) is 12.9. The highest BCUT2D eigenvalue weighted by atomic mass is 28.4. The maximum atomic E-state index is 14.2. The Morgan fingerprint density at radius 3 is 1.45 bits per heavy atom. The fourth-order valence-corrected chi connectivity index (χ4v) is 13.0. The molecule has 0 saturated heterocycles. The zero-order valence-electron chi connectivity index (χ0n) is 32.4. The molecule has 0 spiro atoms. The van der Waals surface area contributed by atoms with E-state index in [1.807, 2.05) is 60.7 Å². The molecule has 0 unspecified atom stereocenters. The van der Waals surface area contributed by atoms with Crippen LogP contribution in [-0.2, 0) is 27.0 Å². The molecule has 0 heterocycles. The van der Waals surface area contributed by atoms with Crippen molar-refractivity contribution in [3.05, 3.63) is 71.8 Å². The van der Waals surface area contributed by atoms with E-state index in [9.17, 15) is 9.59 Å². The monoisotopic (exact) mass is 694 g/mol. The lowest BCUT2D eigenvalue weighted by atomic mass is 10.0. The molecule has 1 atom stereocenters. The number of hydrogen-bond acceptors (Lipinski definition) is 4. The summed E-state index contributed by atoms with van der Waals surface area (Å²) in [6.45, 7) is 15.8. The number of carbonyl (C=O) groups excluding carboxylic acids is 2. The summed E-state index contributed by atoms with van der Waals surface area (Å²) in [4.78, 5) is 27.2. The van der Waals surface area contributed by atoms with Gasteiger partial charge in [0.15, 0.2) is 0 Å². The van der Waals surface area contributed by atoms with Crippen molar-refractivity contribution in [1.82, 2.24) is 5.32 Å². The van der Waals surface area contributed by atoms with Gasteiger partial charge < -0.3 is 14.5 Å². The normalized spacial score (nSPS) is 12.8. The summed E-state index contributed by atoms with van der Waals surface area (Å²) >= 11 is 0. The molecular formula is C43H71NO4Si. The van der Waals surface area contributed by atoms with E-state index in [-0.39, 0.29) is 22.7 Å². The number of nitrogens with one attached hydrogen (secondary N) is 1. The second kappa shape index (κ2) is 23.0. The van der Waals surface area contributed by atoms with Gasteiger partial charge >= 0.3 is 12.1 Å². The van der Waals surface area contributed by atoms with Gasteiger partial charge in [-0.2, -0.15) is 0 Å². The van der Waals surface area contributed by atoms with Crippen LogP contribution in [0.25, 0.3) is 0 Å². The Morgan fingerprint density at radius 1 is 0.612 bits per heavy atom. The number of amides is 1. The number of benzene rings is 2. The minimum Gasteiger partial charge on any atom is -0.516 e. The molecule has 2 aromatic carbocycles. The van der Waals surface area contributed by atoms with Gasteiger partial charge in [-0.3, -0.25) is 4.79 Å². The number of alkyl carbamates (subject to hydrolysis) is 1. The summed E-state index contributed by atoms with van der Waals surface area (Å²) < 4.78 is 12.3. The fourth-order valence-electron chi connectivity index (χ4n) is 7.35. The van der Waals surface area contributed by atoms with Gasteiger partial charge in [0.2, 0.25) is 0 Å². The largest absolute Gasteiger partial charge is 0.516 e. The maximum Gasteiger partial charge on any atom is 0.408 e. The van der Waals surface area contributed by atoms with E-state index in [1.54, 1.807) is 0 Å². The zero-order chi connectivity index (χ0) is 36.0. The van der Waals surface area contributed by atoms with Gasteiger partial charge in [0.1, 0.15) is 12.6 Å². The van der Waals surface area contributed by atoms with E-state index in [1.165, 1.54) is 89.9 Å². The van der Waals surface area contributed by atoms with Crippen molar-refractivity contribution >= 4 is 20.4 Å². The third-order valence-electron chi connectivity index (χ3n) is 10.2. The maximum absolute atomic E-state index is 14.2. The third kappa shape index (κ3) is 16.3. The molecule has 276 valence electrons. The number of unbranched alkanes of at least 4 members (excludes halogenated alkanes) is 15. The van der Waals surface area contributed by atoms with E-state index in [0.717, 1.165) is 30.0 Å². The van der Waals surface area contributed by atoms with Crippen molar-refractivity contribution in [2.45, 2.75) is 186 Å². The molecule has 0 aliphatic carbocycles. The van der Waals surface area contributed by atoms with Crippen molar-refractivity contribution in [3.8, 4) is 0 Å². The van der Waals surface area contributed by atoms with Gasteiger partial charge in [0, 0.05) is 6.42 Å². The van der Waals surface area contributed by atoms with E-state index in [4.69, 9.17) is 9.16 Å². The Labute approximate surface area is 301 Å². The first-order valence-electron chi connectivity index (χ1n) is 19.6. The first-order chi connectivity index (χ1) is 23.4. The van der Waals surface area contributed by atoms with Crippen LogP contribution in [-0.4, -0.2) is 26.4 Å². The van der Waals surface area contributed by atoms with E-state index in [2.05, 4.69) is 53.8 Å². The molecule has 0 aliphatic heterocycles. The van der Waals surface area contributed by atoms with Gasteiger partial charge in [-0.15, -0.1) is 0 Å². The molecule has 5 nitrogen and oxygen atoms in total. The molecule has 0 radical (unpaired) electrons. The highest BCUT2D eigenvalue weighted by Gasteiger charge is 2.57. The summed E-state index contributed by atoms with van der Waals surface area (Å²) in [5, 5.41) is 2.51. The van der Waals surface area contributed by atoms with Crippen molar-refractivity contribution in [2.75, 3.05) is 0 Å². The molecule has 1 amide bonds.